The first-order valence-electron chi connectivity index (χ1n) is 11.8. The molecule has 0 spiro atoms. The third-order valence-corrected chi connectivity index (χ3v) is 8.16. The molecule has 38 heavy (non-hydrogen) atoms. The number of para-hydroxylation sites is 1. The van der Waals surface area contributed by atoms with Crippen molar-refractivity contribution in [2.24, 2.45) is 0 Å². The Labute approximate surface area is 241 Å². The first kappa shape index (κ1) is 30.0. The van der Waals surface area contributed by atoms with Gasteiger partial charge in [-0.1, -0.05) is 71.7 Å². The molecule has 3 aromatic carbocycles. The van der Waals surface area contributed by atoms with Gasteiger partial charge in [0.05, 0.1) is 11.9 Å². The Hall–Kier alpha value is -2.59. The SMILES string of the molecule is CCNC(=O)[C@H](Cc1ccccc1)N(Cc1ccc(Cl)cc1Cl)C(=O)CN(c1ccccc1Br)S(C)(=O)=O. The molecule has 0 aromatic heterocycles. The van der Waals surface area contributed by atoms with Crippen LogP contribution in [0.4, 0.5) is 5.69 Å². The maximum absolute atomic E-state index is 14.0. The van der Waals surface area contributed by atoms with E-state index in [0.29, 0.717) is 32.3 Å². The van der Waals surface area contributed by atoms with Crippen LogP contribution in [0.2, 0.25) is 10.0 Å². The van der Waals surface area contributed by atoms with Gasteiger partial charge in [-0.2, -0.15) is 0 Å². The molecule has 0 fully saturated rings. The van der Waals surface area contributed by atoms with E-state index in [0.717, 1.165) is 16.1 Å². The Morgan fingerprint density at radius 3 is 2.26 bits per heavy atom. The number of sulfonamides is 1. The Kier molecular flexibility index (Phi) is 10.6. The van der Waals surface area contributed by atoms with Gasteiger partial charge in [0, 0.05) is 34.0 Å². The fourth-order valence-electron chi connectivity index (χ4n) is 3.93. The molecular weight excluding hydrogens is 613 g/mol. The molecule has 0 unspecified atom stereocenters. The Morgan fingerprint density at radius 2 is 1.66 bits per heavy atom. The summed E-state index contributed by atoms with van der Waals surface area (Å²) in [6.45, 7) is 1.60. The van der Waals surface area contributed by atoms with Gasteiger partial charge < -0.3 is 10.2 Å². The van der Waals surface area contributed by atoms with Crippen LogP contribution in [0.1, 0.15) is 18.1 Å². The number of nitrogens with zero attached hydrogens (tertiary/aromatic N) is 2. The second-order valence-electron chi connectivity index (χ2n) is 8.58. The van der Waals surface area contributed by atoms with Gasteiger partial charge >= 0.3 is 0 Å². The average Bonchev–Trinajstić information content (AvgIpc) is 2.86. The van der Waals surface area contributed by atoms with Crippen LogP contribution in [0, 0.1) is 0 Å². The van der Waals surface area contributed by atoms with Crippen LogP contribution >= 0.6 is 39.1 Å². The number of amides is 2. The zero-order valence-corrected chi connectivity index (χ0v) is 24.8. The first-order chi connectivity index (χ1) is 18.0. The van der Waals surface area contributed by atoms with E-state index >= 15 is 0 Å². The van der Waals surface area contributed by atoms with Gasteiger partial charge in [-0.25, -0.2) is 8.42 Å². The number of halogens is 3. The molecule has 0 aliphatic carbocycles. The van der Waals surface area contributed by atoms with E-state index < -0.39 is 28.5 Å². The van der Waals surface area contributed by atoms with Crippen LogP contribution in [0.5, 0.6) is 0 Å². The van der Waals surface area contributed by atoms with Crippen molar-refractivity contribution in [3.8, 4) is 0 Å². The zero-order chi connectivity index (χ0) is 27.9. The van der Waals surface area contributed by atoms with Gasteiger partial charge in [-0.05, 0) is 58.2 Å². The predicted octanol–water partition coefficient (Wildman–Crippen LogP) is 5.30. The van der Waals surface area contributed by atoms with Crippen LogP contribution in [-0.4, -0.2) is 50.5 Å². The van der Waals surface area contributed by atoms with Crippen molar-refractivity contribution in [3.63, 3.8) is 0 Å². The van der Waals surface area contributed by atoms with E-state index in [1.807, 2.05) is 30.3 Å². The predicted molar refractivity (Wildman–Crippen MR) is 156 cm³/mol. The summed E-state index contributed by atoms with van der Waals surface area (Å²) in [4.78, 5) is 28.7. The third-order valence-electron chi connectivity index (χ3n) is 5.78. The van der Waals surface area contributed by atoms with Crippen LogP contribution in [0.3, 0.4) is 0 Å². The van der Waals surface area contributed by atoms with Crippen molar-refractivity contribution in [1.29, 1.82) is 0 Å². The summed E-state index contributed by atoms with van der Waals surface area (Å²) < 4.78 is 27.1. The fraction of sp³-hybridized carbons (Fsp3) is 0.259. The lowest BCUT2D eigenvalue weighted by molar-refractivity contribution is -0.140. The highest BCUT2D eigenvalue weighted by molar-refractivity contribution is 9.10. The molecular formula is C27H28BrCl2N3O4S. The number of hydrogen-bond acceptors (Lipinski definition) is 4. The highest BCUT2D eigenvalue weighted by Gasteiger charge is 2.33. The first-order valence-corrected chi connectivity index (χ1v) is 15.2. The number of nitrogens with one attached hydrogen (secondary N) is 1. The van der Waals surface area contributed by atoms with Crippen LogP contribution < -0.4 is 9.62 Å². The van der Waals surface area contributed by atoms with Gasteiger partial charge in [-0.3, -0.25) is 13.9 Å². The van der Waals surface area contributed by atoms with Crippen molar-refractivity contribution < 1.29 is 18.0 Å². The van der Waals surface area contributed by atoms with Gasteiger partial charge in [0.15, 0.2) is 0 Å². The molecule has 0 aliphatic rings. The third kappa shape index (κ3) is 7.96. The maximum Gasteiger partial charge on any atom is 0.244 e. The Bertz CT molecular complexity index is 1390. The lowest BCUT2D eigenvalue weighted by Crippen LogP contribution is -2.53. The summed E-state index contributed by atoms with van der Waals surface area (Å²) in [5.41, 5.74) is 1.72. The van der Waals surface area contributed by atoms with Gasteiger partial charge in [-0.15, -0.1) is 0 Å². The molecule has 0 saturated carbocycles. The number of carbonyl (C=O) groups excluding carboxylic acids is 2. The van der Waals surface area contributed by atoms with E-state index in [1.54, 1.807) is 49.4 Å². The second kappa shape index (κ2) is 13.5. The summed E-state index contributed by atoms with van der Waals surface area (Å²) in [5.74, 6) is -0.925. The van der Waals surface area contributed by atoms with Gasteiger partial charge in [0.25, 0.3) is 0 Å². The number of likely N-dealkylation sites (N-methyl/N-ethyl adjacent to an activating group) is 1. The van der Waals surface area contributed by atoms with E-state index in [-0.39, 0.29) is 18.9 Å². The molecule has 0 heterocycles. The minimum atomic E-state index is -3.86. The Morgan fingerprint density at radius 1 is 1.00 bits per heavy atom. The minimum absolute atomic E-state index is 0.0307. The van der Waals surface area contributed by atoms with E-state index in [9.17, 15) is 18.0 Å². The molecule has 1 atom stereocenters. The molecule has 2 amide bonds. The number of rotatable bonds is 11. The summed E-state index contributed by atoms with van der Waals surface area (Å²) in [7, 11) is -3.86. The number of hydrogen-bond donors (Lipinski definition) is 1. The molecule has 3 rings (SSSR count). The zero-order valence-electron chi connectivity index (χ0n) is 20.9. The standard InChI is InChI=1S/C27H28BrCl2N3O4S/c1-3-31-27(35)25(15-19-9-5-4-6-10-19)32(17-20-13-14-21(29)16-23(20)30)26(34)18-33(38(2,36)37)24-12-8-7-11-22(24)28/h4-14,16,25H,3,15,17-18H2,1-2H3,(H,31,35)/t25-/m0/s1. The summed E-state index contributed by atoms with van der Waals surface area (Å²) in [6, 6.07) is 20.0. The highest BCUT2D eigenvalue weighted by atomic mass is 79.9. The number of benzene rings is 3. The smallest absolute Gasteiger partial charge is 0.244 e. The summed E-state index contributed by atoms with van der Waals surface area (Å²) in [6.07, 6.45) is 1.25. The fourth-order valence-corrected chi connectivity index (χ4v) is 5.87. The van der Waals surface area contributed by atoms with Crippen LogP contribution in [0.15, 0.2) is 77.3 Å². The summed E-state index contributed by atoms with van der Waals surface area (Å²) in [5, 5.41) is 3.57. The second-order valence-corrected chi connectivity index (χ2v) is 12.2. The lowest BCUT2D eigenvalue weighted by Gasteiger charge is -2.33. The van der Waals surface area contributed by atoms with Crippen LogP contribution in [0.25, 0.3) is 0 Å². The minimum Gasteiger partial charge on any atom is -0.355 e. The van der Waals surface area contributed by atoms with Gasteiger partial charge in [0.2, 0.25) is 21.8 Å². The molecule has 202 valence electrons. The topological polar surface area (TPSA) is 86.8 Å². The quantitative estimate of drug-likeness (QED) is 0.308. The largest absolute Gasteiger partial charge is 0.355 e. The summed E-state index contributed by atoms with van der Waals surface area (Å²) >= 11 is 15.9. The Balaban J connectivity index is 2.08. The van der Waals surface area contributed by atoms with Crippen molar-refractivity contribution >= 4 is 66.7 Å². The molecule has 0 aliphatic heterocycles. The molecule has 0 radical (unpaired) electrons. The molecule has 0 bridgehead atoms. The molecule has 3 aromatic rings. The molecule has 1 N–H and O–H groups in total. The monoisotopic (exact) mass is 639 g/mol. The normalized spacial score (nSPS) is 12.0. The lowest BCUT2D eigenvalue weighted by atomic mass is 10.0. The van der Waals surface area contributed by atoms with E-state index in [2.05, 4.69) is 21.2 Å². The maximum atomic E-state index is 14.0. The van der Waals surface area contributed by atoms with Gasteiger partial charge in [0.1, 0.15) is 12.6 Å². The van der Waals surface area contributed by atoms with Crippen molar-refractivity contribution in [3.05, 3.63) is 98.4 Å². The number of anilines is 1. The van der Waals surface area contributed by atoms with Crippen molar-refractivity contribution in [2.75, 3.05) is 23.7 Å². The highest BCUT2D eigenvalue weighted by Crippen LogP contribution is 2.29. The van der Waals surface area contributed by atoms with Crippen molar-refractivity contribution in [2.45, 2.75) is 25.9 Å². The molecule has 0 saturated heterocycles. The van der Waals surface area contributed by atoms with Crippen molar-refractivity contribution in [1.82, 2.24) is 10.2 Å². The average molecular weight is 641 g/mol. The van der Waals surface area contributed by atoms with E-state index in [1.165, 1.54) is 4.90 Å². The van der Waals surface area contributed by atoms with Crippen LogP contribution in [-0.2, 0) is 32.6 Å². The van der Waals surface area contributed by atoms with E-state index in [4.69, 9.17) is 23.2 Å². The number of carbonyl (C=O) groups is 2. The molecule has 11 heteroatoms. The molecule has 7 nitrogen and oxygen atoms in total.